The number of hydrogen-bond donors (Lipinski definition) is 0. The Morgan fingerprint density at radius 2 is 2.10 bits per heavy atom. The third kappa shape index (κ3) is 3.04. The Morgan fingerprint density at radius 1 is 1.40 bits per heavy atom. The molecule has 2 heterocycles. The molecular formula is C11H10F3N3OS2. The zero-order chi connectivity index (χ0) is 14.9. The largest absolute Gasteiger partial charge is 0.417 e. The molecule has 108 valence electrons. The van der Waals surface area contributed by atoms with Crippen molar-refractivity contribution in [3.8, 4) is 0 Å². The van der Waals surface area contributed by atoms with E-state index in [0.717, 1.165) is 22.0 Å². The average Bonchev–Trinajstić information content (AvgIpc) is 2.81. The first-order chi connectivity index (χ1) is 9.32. The lowest BCUT2D eigenvalue weighted by Crippen LogP contribution is -2.27. The molecule has 0 amide bonds. The van der Waals surface area contributed by atoms with Gasteiger partial charge in [0.2, 0.25) is 0 Å². The number of rotatable bonds is 3. The highest BCUT2D eigenvalue weighted by Gasteiger charge is 2.34. The molecular weight excluding hydrogens is 311 g/mol. The van der Waals surface area contributed by atoms with Crippen molar-refractivity contribution in [1.29, 1.82) is 0 Å². The maximum Gasteiger partial charge on any atom is 0.417 e. The van der Waals surface area contributed by atoms with Gasteiger partial charge in [-0.25, -0.2) is 9.78 Å². The van der Waals surface area contributed by atoms with Crippen molar-refractivity contribution in [2.75, 3.05) is 6.26 Å². The van der Waals surface area contributed by atoms with Crippen LogP contribution < -0.4 is 5.69 Å². The molecule has 0 aliphatic heterocycles. The van der Waals surface area contributed by atoms with E-state index < -0.39 is 17.4 Å². The molecule has 0 spiro atoms. The summed E-state index contributed by atoms with van der Waals surface area (Å²) in [5.74, 6) is 0.343. The summed E-state index contributed by atoms with van der Waals surface area (Å²) < 4.78 is 39.5. The van der Waals surface area contributed by atoms with E-state index in [9.17, 15) is 18.0 Å². The molecule has 4 nitrogen and oxygen atoms in total. The topological polar surface area (TPSA) is 47.8 Å². The minimum Gasteiger partial charge on any atom is -0.275 e. The normalized spacial score (nSPS) is 11.8. The first kappa shape index (κ1) is 15.0. The van der Waals surface area contributed by atoms with Crippen LogP contribution in [0.4, 0.5) is 13.2 Å². The number of hydrogen-bond acceptors (Lipinski definition) is 5. The van der Waals surface area contributed by atoms with E-state index in [-0.39, 0.29) is 11.4 Å². The number of aromatic nitrogens is 3. The van der Waals surface area contributed by atoms with Gasteiger partial charge >= 0.3 is 11.9 Å². The second-order valence-electron chi connectivity index (χ2n) is 3.88. The van der Waals surface area contributed by atoms with Crippen molar-refractivity contribution in [3.05, 3.63) is 38.2 Å². The van der Waals surface area contributed by atoms with E-state index in [1.54, 1.807) is 13.2 Å². The van der Waals surface area contributed by atoms with Gasteiger partial charge in [-0.1, -0.05) is 11.8 Å². The standard InChI is InChI=1S/C11H10F3N3OS2/c1-6-15-9(19-2)16-10(18)17(6)5-8-7(3-4-20-8)11(12,13)14/h3-4H,5H2,1-2H3. The lowest BCUT2D eigenvalue weighted by Gasteiger charge is -2.11. The van der Waals surface area contributed by atoms with Gasteiger partial charge in [-0.2, -0.15) is 18.2 Å². The second kappa shape index (κ2) is 5.57. The van der Waals surface area contributed by atoms with Crippen LogP contribution >= 0.6 is 23.1 Å². The van der Waals surface area contributed by atoms with Crippen LogP contribution in [0, 0.1) is 6.92 Å². The number of thiophene rings is 1. The SMILES string of the molecule is CSc1nc(C)n(Cc2sccc2C(F)(F)F)c(=O)n1. The van der Waals surface area contributed by atoms with Gasteiger partial charge in [0.1, 0.15) is 5.82 Å². The summed E-state index contributed by atoms with van der Waals surface area (Å²) in [5.41, 5.74) is -1.31. The summed E-state index contributed by atoms with van der Waals surface area (Å²) in [6.45, 7) is 1.40. The monoisotopic (exact) mass is 321 g/mol. The van der Waals surface area contributed by atoms with Crippen LogP contribution in [0.5, 0.6) is 0 Å². The second-order valence-corrected chi connectivity index (χ2v) is 5.66. The highest BCUT2D eigenvalue weighted by Crippen LogP contribution is 2.35. The van der Waals surface area contributed by atoms with Crippen LogP contribution in [0.1, 0.15) is 16.3 Å². The number of nitrogens with zero attached hydrogens (tertiary/aromatic N) is 3. The lowest BCUT2D eigenvalue weighted by molar-refractivity contribution is -0.137. The molecule has 0 aliphatic rings. The molecule has 0 saturated heterocycles. The molecule has 0 bridgehead atoms. The van der Waals surface area contributed by atoms with Gasteiger partial charge in [-0.3, -0.25) is 4.57 Å². The van der Waals surface area contributed by atoms with Crippen LogP contribution in [0.3, 0.4) is 0 Å². The Morgan fingerprint density at radius 3 is 2.65 bits per heavy atom. The molecule has 0 fully saturated rings. The molecule has 0 saturated carbocycles. The lowest BCUT2D eigenvalue weighted by atomic mass is 10.2. The molecule has 0 aromatic carbocycles. The molecule has 9 heteroatoms. The molecule has 2 aromatic rings. The fourth-order valence-electron chi connectivity index (χ4n) is 1.64. The summed E-state index contributed by atoms with van der Waals surface area (Å²) >= 11 is 2.17. The first-order valence-electron chi connectivity index (χ1n) is 5.46. The Balaban J connectivity index is 2.42. The van der Waals surface area contributed by atoms with Gasteiger partial charge in [0.05, 0.1) is 12.1 Å². The van der Waals surface area contributed by atoms with Gasteiger partial charge in [0, 0.05) is 4.88 Å². The molecule has 0 aliphatic carbocycles. The van der Waals surface area contributed by atoms with Crippen LogP contribution in [-0.2, 0) is 12.7 Å². The zero-order valence-corrected chi connectivity index (χ0v) is 12.2. The van der Waals surface area contributed by atoms with E-state index in [1.807, 2.05) is 0 Å². The number of alkyl halides is 3. The van der Waals surface area contributed by atoms with Crippen molar-refractivity contribution in [2.45, 2.75) is 24.8 Å². The number of thioether (sulfide) groups is 1. The average molecular weight is 321 g/mol. The van der Waals surface area contributed by atoms with E-state index in [4.69, 9.17) is 0 Å². The first-order valence-corrected chi connectivity index (χ1v) is 7.56. The molecule has 20 heavy (non-hydrogen) atoms. The maximum absolute atomic E-state index is 12.8. The van der Waals surface area contributed by atoms with Crippen molar-refractivity contribution in [2.24, 2.45) is 0 Å². The summed E-state index contributed by atoms with van der Waals surface area (Å²) in [4.78, 5) is 19.7. The highest BCUT2D eigenvalue weighted by molar-refractivity contribution is 7.98. The fourth-order valence-corrected chi connectivity index (χ4v) is 2.91. The third-order valence-corrected chi connectivity index (χ3v) is 4.06. The quantitative estimate of drug-likeness (QED) is 0.816. The molecule has 0 unspecified atom stereocenters. The van der Waals surface area contributed by atoms with Crippen molar-refractivity contribution in [3.63, 3.8) is 0 Å². The summed E-state index contributed by atoms with van der Waals surface area (Å²) in [6.07, 6.45) is -2.70. The molecule has 0 N–H and O–H groups in total. The Kier molecular flexibility index (Phi) is 4.19. The van der Waals surface area contributed by atoms with Gasteiger partial charge in [-0.15, -0.1) is 11.3 Å². The highest BCUT2D eigenvalue weighted by atomic mass is 32.2. The van der Waals surface area contributed by atoms with Crippen molar-refractivity contribution < 1.29 is 13.2 Å². The fraction of sp³-hybridized carbons (Fsp3) is 0.364. The third-order valence-electron chi connectivity index (χ3n) is 2.61. The Bertz CT molecular complexity index is 678. The molecule has 2 rings (SSSR count). The van der Waals surface area contributed by atoms with Crippen LogP contribution in [0.2, 0.25) is 0 Å². The summed E-state index contributed by atoms with van der Waals surface area (Å²) in [6, 6.07) is 1.01. The van der Waals surface area contributed by atoms with Gasteiger partial charge in [0.15, 0.2) is 5.16 Å². The molecule has 0 radical (unpaired) electrons. The Hall–Kier alpha value is -1.35. The summed E-state index contributed by atoms with van der Waals surface area (Å²) in [5, 5.41) is 1.67. The van der Waals surface area contributed by atoms with E-state index in [0.29, 0.717) is 11.0 Å². The van der Waals surface area contributed by atoms with E-state index in [1.165, 1.54) is 17.1 Å². The molecule has 2 aromatic heterocycles. The van der Waals surface area contributed by atoms with E-state index >= 15 is 0 Å². The van der Waals surface area contributed by atoms with Crippen molar-refractivity contribution >= 4 is 23.1 Å². The van der Waals surface area contributed by atoms with Gasteiger partial charge < -0.3 is 0 Å². The maximum atomic E-state index is 12.8. The zero-order valence-electron chi connectivity index (χ0n) is 10.6. The Labute approximate surface area is 120 Å². The predicted molar refractivity (Wildman–Crippen MR) is 71.2 cm³/mol. The van der Waals surface area contributed by atoms with Crippen LogP contribution in [0.25, 0.3) is 0 Å². The van der Waals surface area contributed by atoms with Gasteiger partial charge in [0.25, 0.3) is 0 Å². The van der Waals surface area contributed by atoms with Gasteiger partial charge in [-0.05, 0) is 24.6 Å². The van der Waals surface area contributed by atoms with Crippen molar-refractivity contribution in [1.82, 2.24) is 14.5 Å². The van der Waals surface area contributed by atoms with Crippen LogP contribution in [-0.4, -0.2) is 20.8 Å². The minimum atomic E-state index is -4.42. The van der Waals surface area contributed by atoms with E-state index in [2.05, 4.69) is 9.97 Å². The van der Waals surface area contributed by atoms with Crippen LogP contribution in [0.15, 0.2) is 21.4 Å². The molecule has 0 atom stereocenters. The minimum absolute atomic E-state index is 0.0724. The summed E-state index contributed by atoms with van der Waals surface area (Å²) in [7, 11) is 0. The predicted octanol–water partition coefficient (Wildman–Crippen LogP) is 2.80. The number of aryl methyl sites for hydroxylation is 1. The number of halogens is 3. The smallest absolute Gasteiger partial charge is 0.275 e.